The maximum atomic E-state index is 13.7. The van der Waals surface area contributed by atoms with Crippen molar-refractivity contribution in [3.8, 4) is 28.7 Å². The van der Waals surface area contributed by atoms with Crippen LogP contribution in [0.3, 0.4) is 0 Å². The van der Waals surface area contributed by atoms with E-state index in [0.717, 1.165) is 5.56 Å². The van der Waals surface area contributed by atoms with Gasteiger partial charge in [-0.15, -0.1) is 0 Å². The van der Waals surface area contributed by atoms with Crippen LogP contribution >= 0.6 is 0 Å². The third kappa shape index (κ3) is 2.40. The summed E-state index contributed by atoms with van der Waals surface area (Å²) in [6.45, 7) is 2.67. The highest BCUT2D eigenvalue weighted by Gasteiger charge is 2.58. The Morgan fingerprint density at radius 3 is 2.52 bits per heavy atom. The van der Waals surface area contributed by atoms with Crippen molar-refractivity contribution in [3.63, 3.8) is 0 Å². The summed E-state index contributed by atoms with van der Waals surface area (Å²) in [5, 5.41) is 11.7. The van der Waals surface area contributed by atoms with Gasteiger partial charge in [0.25, 0.3) is 0 Å². The van der Waals surface area contributed by atoms with Crippen LogP contribution in [0.15, 0.2) is 24.3 Å². The Balaban J connectivity index is 1.45. The molecule has 2 aromatic rings. The lowest BCUT2D eigenvalue weighted by atomic mass is 9.77. The number of carbonyl (C=O) groups excluding carboxylic acids is 1. The summed E-state index contributed by atoms with van der Waals surface area (Å²) in [6, 6.07) is 6.60. The topological polar surface area (TPSA) is 96.0 Å². The van der Waals surface area contributed by atoms with E-state index in [1.807, 2.05) is 6.92 Å². The molecule has 4 atom stereocenters. The fourth-order valence-electron chi connectivity index (χ4n) is 4.72. The minimum Gasteiger partial charge on any atom is -0.493 e. The molecule has 1 N–H and O–H groups in total. The average molecular weight is 426 g/mol. The second-order valence-corrected chi connectivity index (χ2v) is 8.55. The fraction of sp³-hybridized carbons (Fsp3) is 0.435. The molecule has 1 fully saturated rings. The van der Waals surface area contributed by atoms with Gasteiger partial charge >= 0.3 is 0 Å². The van der Waals surface area contributed by atoms with Gasteiger partial charge in [-0.3, -0.25) is 4.79 Å². The zero-order valence-corrected chi connectivity index (χ0v) is 17.4. The van der Waals surface area contributed by atoms with E-state index < -0.39 is 17.5 Å². The first kappa shape index (κ1) is 18.8. The molecule has 0 amide bonds. The molecule has 0 saturated carbocycles. The van der Waals surface area contributed by atoms with E-state index >= 15 is 0 Å². The van der Waals surface area contributed by atoms with Crippen LogP contribution in [0.5, 0.6) is 28.7 Å². The summed E-state index contributed by atoms with van der Waals surface area (Å²) in [4.78, 5) is 13.7. The molecule has 8 heteroatoms. The third-order valence-electron chi connectivity index (χ3n) is 6.76. The summed E-state index contributed by atoms with van der Waals surface area (Å²) in [5.74, 6) is 1.90. The highest BCUT2D eigenvalue weighted by molar-refractivity contribution is 6.07. The number of hydrogen-bond donors (Lipinski definition) is 1. The molecule has 4 aliphatic rings. The maximum Gasteiger partial charge on any atom is 0.206 e. The second kappa shape index (κ2) is 6.05. The van der Waals surface area contributed by atoms with Crippen molar-refractivity contribution in [2.45, 2.75) is 36.8 Å². The largest absolute Gasteiger partial charge is 0.493 e. The Labute approximate surface area is 178 Å². The lowest BCUT2D eigenvalue weighted by molar-refractivity contribution is -0.0802. The number of epoxide rings is 1. The first-order valence-electron chi connectivity index (χ1n) is 10.2. The quantitative estimate of drug-likeness (QED) is 0.745. The van der Waals surface area contributed by atoms with Gasteiger partial charge in [0, 0.05) is 23.6 Å². The summed E-state index contributed by atoms with van der Waals surface area (Å²) in [6.07, 6.45) is -0.458. The number of Topliss-reactive ketones (excluding diaryl/α,β-unsaturated/α-hetero) is 1. The highest BCUT2D eigenvalue weighted by atomic mass is 16.6. The van der Waals surface area contributed by atoms with Gasteiger partial charge in [-0.25, -0.2) is 0 Å². The van der Waals surface area contributed by atoms with Gasteiger partial charge < -0.3 is 33.5 Å². The van der Waals surface area contributed by atoms with Crippen molar-refractivity contribution in [2.24, 2.45) is 0 Å². The molecule has 8 nitrogen and oxygen atoms in total. The predicted octanol–water partition coefficient (Wildman–Crippen LogP) is 2.02. The summed E-state index contributed by atoms with van der Waals surface area (Å²) in [5.41, 5.74) is -0.767. The zero-order chi connectivity index (χ0) is 21.5. The van der Waals surface area contributed by atoms with Crippen molar-refractivity contribution >= 4 is 5.78 Å². The molecule has 0 aromatic heterocycles. The lowest BCUT2D eigenvalue weighted by Gasteiger charge is -2.43. The van der Waals surface area contributed by atoms with Crippen LogP contribution in [-0.4, -0.2) is 56.1 Å². The van der Waals surface area contributed by atoms with Crippen molar-refractivity contribution in [1.29, 1.82) is 0 Å². The van der Waals surface area contributed by atoms with Gasteiger partial charge in [0.15, 0.2) is 23.2 Å². The van der Waals surface area contributed by atoms with E-state index in [2.05, 4.69) is 0 Å². The molecule has 4 aliphatic heterocycles. The van der Waals surface area contributed by atoms with E-state index in [9.17, 15) is 9.90 Å². The SMILES string of the molecule is COc1cc2c(cc1OC)C1(O)C(=O)c3ccc4c(c3OC1CO2)CC(C1(C)CO1)O4. The monoisotopic (exact) mass is 426 g/mol. The first-order valence-corrected chi connectivity index (χ1v) is 10.2. The summed E-state index contributed by atoms with van der Waals surface area (Å²) >= 11 is 0. The van der Waals surface area contributed by atoms with Crippen LogP contribution < -0.4 is 23.7 Å². The minimum atomic E-state index is -1.90. The van der Waals surface area contributed by atoms with E-state index in [1.165, 1.54) is 14.2 Å². The van der Waals surface area contributed by atoms with Gasteiger partial charge in [-0.2, -0.15) is 0 Å². The van der Waals surface area contributed by atoms with E-state index in [1.54, 1.807) is 24.3 Å². The van der Waals surface area contributed by atoms with Gasteiger partial charge in [0.1, 0.15) is 35.6 Å². The molecule has 4 heterocycles. The van der Waals surface area contributed by atoms with Crippen LogP contribution in [-0.2, 0) is 16.8 Å². The Kier molecular flexibility index (Phi) is 3.66. The molecular weight excluding hydrogens is 404 g/mol. The molecule has 6 rings (SSSR count). The van der Waals surface area contributed by atoms with E-state index in [0.29, 0.717) is 52.9 Å². The molecule has 0 aliphatic carbocycles. The smallest absolute Gasteiger partial charge is 0.206 e. The molecule has 4 unspecified atom stereocenters. The maximum absolute atomic E-state index is 13.7. The number of aliphatic hydroxyl groups is 1. The Bertz CT molecular complexity index is 1120. The Morgan fingerprint density at radius 1 is 1.06 bits per heavy atom. The number of benzene rings is 2. The Hall–Kier alpha value is -2.97. The predicted molar refractivity (Wildman–Crippen MR) is 107 cm³/mol. The van der Waals surface area contributed by atoms with Crippen LogP contribution in [0.4, 0.5) is 0 Å². The fourth-order valence-corrected chi connectivity index (χ4v) is 4.72. The van der Waals surface area contributed by atoms with Crippen LogP contribution in [0, 0.1) is 0 Å². The van der Waals surface area contributed by atoms with Crippen LogP contribution in [0.2, 0.25) is 0 Å². The van der Waals surface area contributed by atoms with Crippen molar-refractivity contribution in [1.82, 2.24) is 0 Å². The number of ether oxygens (including phenoxy) is 6. The number of hydrogen-bond acceptors (Lipinski definition) is 8. The number of ketones is 1. The lowest BCUT2D eigenvalue weighted by Crippen LogP contribution is -2.57. The van der Waals surface area contributed by atoms with Crippen LogP contribution in [0.1, 0.15) is 28.4 Å². The standard InChI is InChI=1S/C23H22O8/c1-22(10-29-22)18-6-12-14(30-18)5-4-11-20(12)31-19-9-28-15-8-17(27-3)16(26-2)7-13(15)23(19,25)21(11)24/h4-5,7-8,18-19,25H,6,9-10H2,1-3H3. The molecular formula is C23H22O8. The number of fused-ring (bicyclic) bond motifs is 6. The highest BCUT2D eigenvalue weighted by Crippen LogP contribution is 2.52. The van der Waals surface area contributed by atoms with Crippen molar-refractivity contribution in [3.05, 3.63) is 41.0 Å². The normalized spacial score (nSPS) is 31.8. The van der Waals surface area contributed by atoms with Crippen molar-refractivity contribution < 1.29 is 38.3 Å². The Morgan fingerprint density at radius 2 is 1.81 bits per heavy atom. The van der Waals surface area contributed by atoms with Gasteiger partial charge in [-0.1, -0.05) is 0 Å². The van der Waals surface area contributed by atoms with E-state index in [-0.39, 0.29) is 18.3 Å². The van der Waals surface area contributed by atoms with E-state index in [4.69, 9.17) is 28.4 Å². The third-order valence-corrected chi connectivity index (χ3v) is 6.76. The average Bonchev–Trinajstić information content (AvgIpc) is 3.37. The van der Waals surface area contributed by atoms with Crippen molar-refractivity contribution in [2.75, 3.05) is 27.4 Å². The molecule has 31 heavy (non-hydrogen) atoms. The summed E-state index contributed by atoms with van der Waals surface area (Å²) in [7, 11) is 3.01. The van der Waals surface area contributed by atoms with Crippen LogP contribution in [0.25, 0.3) is 0 Å². The van der Waals surface area contributed by atoms with Gasteiger partial charge in [-0.05, 0) is 25.1 Å². The summed E-state index contributed by atoms with van der Waals surface area (Å²) < 4.78 is 34.4. The molecule has 0 spiro atoms. The number of methoxy groups -OCH3 is 2. The zero-order valence-electron chi connectivity index (χ0n) is 17.4. The molecule has 0 bridgehead atoms. The molecule has 162 valence electrons. The number of carbonyl (C=O) groups is 1. The second-order valence-electron chi connectivity index (χ2n) is 8.55. The first-order chi connectivity index (χ1) is 14.9. The molecule has 2 aromatic carbocycles. The molecule has 1 saturated heterocycles. The van der Waals surface area contributed by atoms with Gasteiger partial charge in [0.2, 0.25) is 5.78 Å². The minimum absolute atomic E-state index is 0.0128. The number of rotatable bonds is 3. The molecule has 0 radical (unpaired) electrons. The van der Waals surface area contributed by atoms with Gasteiger partial charge in [0.05, 0.1) is 26.4 Å².